The zero-order chi connectivity index (χ0) is 19.5. The number of amides is 2. The van der Waals surface area contributed by atoms with Crippen molar-refractivity contribution in [3.05, 3.63) is 29.6 Å². The second-order valence-electron chi connectivity index (χ2n) is 5.77. The SMILES string of the molecule is NC(=O)C(=O)N(Cc1ccc(C(F)(F)F)cn1)[C@@H]1CCC[C@H]1OC(F)F. The smallest absolute Gasteiger partial charge is 0.361 e. The molecule has 0 spiro atoms. The van der Waals surface area contributed by atoms with Gasteiger partial charge in [0.25, 0.3) is 0 Å². The Labute approximate surface area is 145 Å². The topological polar surface area (TPSA) is 85.5 Å². The molecule has 2 amide bonds. The Morgan fingerprint density at radius 3 is 2.50 bits per heavy atom. The number of nitrogens with two attached hydrogens (primary N) is 1. The Kier molecular flexibility index (Phi) is 6.11. The van der Waals surface area contributed by atoms with Gasteiger partial charge in [-0.25, -0.2) is 0 Å². The van der Waals surface area contributed by atoms with Gasteiger partial charge in [0.15, 0.2) is 0 Å². The van der Waals surface area contributed by atoms with Crippen molar-refractivity contribution < 1.29 is 36.3 Å². The molecule has 1 aliphatic rings. The Hall–Kier alpha value is -2.30. The van der Waals surface area contributed by atoms with E-state index in [1.165, 1.54) is 0 Å². The number of nitrogens with zero attached hydrogens (tertiary/aromatic N) is 2. The zero-order valence-electron chi connectivity index (χ0n) is 13.4. The highest BCUT2D eigenvalue weighted by Crippen LogP contribution is 2.31. The number of carbonyl (C=O) groups excluding carboxylic acids is 2. The molecule has 0 saturated heterocycles. The lowest BCUT2D eigenvalue weighted by Crippen LogP contribution is -2.49. The Balaban J connectivity index is 2.22. The van der Waals surface area contributed by atoms with Crippen LogP contribution in [0, 0.1) is 0 Å². The number of halogens is 5. The molecule has 2 rings (SSSR count). The highest BCUT2D eigenvalue weighted by molar-refractivity contribution is 6.34. The minimum absolute atomic E-state index is 0.0512. The van der Waals surface area contributed by atoms with Gasteiger partial charge in [-0.15, -0.1) is 0 Å². The van der Waals surface area contributed by atoms with E-state index in [9.17, 15) is 31.5 Å². The fourth-order valence-corrected chi connectivity index (χ4v) is 2.90. The molecule has 2 atom stereocenters. The molecule has 1 aromatic heterocycles. The van der Waals surface area contributed by atoms with E-state index in [0.717, 1.165) is 17.0 Å². The van der Waals surface area contributed by atoms with E-state index in [4.69, 9.17) is 5.73 Å². The average molecular weight is 381 g/mol. The maximum Gasteiger partial charge on any atom is 0.417 e. The number of rotatable bonds is 5. The van der Waals surface area contributed by atoms with Crippen LogP contribution in [0.3, 0.4) is 0 Å². The lowest BCUT2D eigenvalue weighted by Gasteiger charge is -2.31. The van der Waals surface area contributed by atoms with Gasteiger partial charge in [0.1, 0.15) is 0 Å². The number of aromatic nitrogens is 1. The van der Waals surface area contributed by atoms with Crippen LogP contribution in [0.2, 0.25) is 0 Å². The van der Waals surface area contributed by atoms with Gasteiger partial charge in [0, 0.05) is 6.20 Å². The first-order chi connectivity index (χ1) is 12.1. The number of primary amides is 1. The van der Waals surface area contributed by atoms with Crippen LogP contribution in [0.1, 0.15) is 30.5 Å². The lowest BCUT2D eigenvalue weighted by molar-refractivity contribution is -0.178. The van der Waals surface area contributed by atoms with Crippen LogP contribution >= 0.6 is 0 Å². The lowest BCUT2D eigenvalue weighted by atomic mass is 10.1. The summed E-state index contributed by atoms with van der Waals surface area (Å²) in [6, 6.07) is 0.965. The maximum absolute atomic E-state index is 12.6. The second-order valence-corrected chi connectivity index (χ2v) is 5.77. The predicted octanol–water partition coefficient (Wildman–Crippen LogP) is 2.07. The molecule has 0 aliphatic heterocycles. The van der Waals surface area contributed by atoms with E-state index in [-0.39, 0.29) is 25.1 Å². The van der Waals surface area contributed by atoms with Crippen molar-refractivity contribution in [2.24, 2.45) is 5.73 Å². The van der Waals surface area contributed by atoms with Gasteiger partial charge in [0.05, 0.1) is 29.9 Å². The molecule has 26 heavy (non-hydrogen) atoms. The summed E-state index contributed by atoms with van der Waals surface area (Å²) in [5.41, 5.74) is 4.07. The Morgan fingerprint density at radius 1 is 1.31 bits per heavy atom. The van der Waals surface area contributed by atoms with Crippen molar-refractivity contribution in [2.75, 3.05) is 0 Å². The molecule has 6 nitrogen and oxygen atoms in total. The monoisotopic (exact) mass is 381 g/mol. The molecule has 0 bridgehead atoms. The number of hydrogen-bond acceptors (Lipinski definition) is 4. The van der Waals surface area contributed by atoms with Crippen LogP contribution < -0.4 is 5.73 Å². The maximum atomic E-state index is 12.6. The molecule has 1 aromatic rings. The summed E-state index contributed by atoms with van der Waals surface area (Å²) in [4.78, 5) is 27.9. The summed E-state index contributed by atoms with van der Waals surface area (Å²) in [6.45, 7) is -3.41. The minimum atomic E-state index is -4.57. The van der Waals surface area contributed by atoms with Gasteiger partial charge in [0.2, 0.25) is 0 Å². The molecule has 1 fully saturated rings. The molecule has 1 aliphatic carbocycles. The first kappa shape index (κ1) is 20.0. The van der Waals surface area contributed by atoms with Gasteiger partial charge >= 0.3 is 24.6 Å². The third kappa shape index (κ3) is 4.87. The van der Waals surface area contributed by atoms with Crippen molar-refractivity contribution in [3.8, 4) is 0 Å². The molecule has 2 N–H and O–H groups in total. The first-order valence-corrected chi connectivity index (χ1v) is 7.65. The van der Waals surface area contributed by atoms with Crippen LogP contribution in [-0.4, -0.2) is 40.5 Å². The summed E-state index contributed by atoms with van der Waals surface area (Å²) in [5, 5.41) is 0. The van der Waals surface area contributed by atoms with Gasteiger partial charge in [-0.1, -0.05) is 0 Å². The predicted molar refractivity (Wildman–Crippen MR) is 77.5 cm³/mol. The number of pyridine rings is 1. The van der Waals surface area contributed by atoms with Gasteiger partial charge in [-0.05, 0) is 31.4 Å². The van der Waals surface area contributed by atoms with Crippen molar-refractivity contribution in [1.29, 1.82) is 0 Å². The summed E-state index contributed by atoms with van der Waals surface area (Å²) >= 11 is 0. The van der Waals surface area contributed by atoms with E-state index in [1.807, 2.05) is 0 Å². The quantitative estimate of drug-likeness (QED) is 0.625. The van der Waals surface area contributed by atoms with Crippen LogP contribution in [0.25, 0.3) is 0 Å². The Morgan fingerprint density at radius 2 is 2.00 bits per heavy atom. The van der Waals surface area contributed by atoms with E-state index < -0.39 is 42.3 Å². The summed E-state index contributed by atoms with van der Waals surface area (Å²) in [7, 11) is 0. The zero-order valence-corrected chi connectivity index (χ0v) is 13.4. The van der Waals surface area contributed by atoms with Crippen molar-refractivity contribution in [1.82, 2.24) is 9.88 Å². The average Bonchev–Trinajstić information content (AvgIpc) is 2.98. The number of alkyl halides is 5. The highest BCUT2D eigenvalue weighted by Gasteiger charge is 2.39. The fourth-order valence-electron chi connectivity index (χ4n) is 2.90. The number of hydrogen-bond donors (Lipinski definition) is 1. The molecule has 0 radical (unpaired) electrons. The summed E-state index contributed by atoms with van der Waals surface area (Å²) < 4.78 is 67.3. The summed E-state index contributed by atoms with van der Waals surface area (Å²) in [5.74, 6) is -2.44. The normalized spacial score (nSPS) is 20.4. The van der Waals surface area contributed by atoms with E-state index in [1.54, 1.807) is 0 Å². The largest absolute Gasteiger partial charge is 0.417 e. The highest BCUT2D eigenvalue weighted by atomic mass is 19.4. The molecule has 0 unspecified atom stereocenters. The third-order valence-corrected chi connectivity index (χ3v) is 4.05. The van der Waals surface area contributed by atoms with Crippen LogP contribution in [0.15, 0.2) is 18.3 Å². The van der Waals surface area contributed by atoms with E-state index >= 15 is 0 Å². The van der Waals surface area contributed by atoms with Crippen molar-refractivity contribution in [3.63, 3.8) is 0 Å². The Bertz CT molecular complexity index is 651. The third-order valence-electron chi connectivity index (χ3n) is 4.05. The van der Waals surface area contributed by atoms with Gasteiger partial charge < -0.3 is 15.4 Å². The minimum Gasteiger partial charge on any atom is -0.361 e. The van der Waals surface area contributed by atoms with E-state index in [0.29, 0.717) is 12.6 Å². The van der Waals surface area contributed by atoms with Crippen LogP contribution in [0.4, 0.5) is 22.0 Å². The molecule has 1 saturated carbocycles. The molecule has 0 aromatic carbocycles. The van der Waals surface area contributed by atoms with Gasteiger partial charge in [-0.2, -0.15) is 22.0 Å². The first-order valence-electron chi connectivity index (χ1n) is 7.65. The van der Waals surface area contributed by atoms with Gasteiger partial charge in [-0.3, -0.25) is 14.6 Å². The summed E-state index contributed by atoms with van der Waals surface area (Å²) in [6.07, 6.45) is -3.98. The standard InChI is InChI=1S/C15H16F5N3O3/c16-14(17)26-11-3-1-2-10(11)23(13(25)12(21)24)7-9-5-4-8(6-22-9)15(18,19)20/h4-6,10-11,14H,1-3,7H2,(H2,21,24)/t10-,11-/m1/s1. The molecular weight excluding hydrogens is 365 g/mol. The van der Waals surface area contributed by atoms with Crippen molar-refractivity contribution in [2.45, 2.75) is 50.7 Å². The van der Waals surface area contributed by atoms with Crippen LogP contribution in [0.5, 0.6) is 0 Å². The van der Waals surface area contributed by atoms with Crippen molar-refractivity contribution >= 4 is 11.8 Å². The van der Waals surface area contributed by atoms with E-state index in [2.05, 4.69) is 9.72 Å². The number of carbonyl (C=O) groups is 2. The second kappa shape index (κ2) is 7.94. The number of ether oxygens (including phenoxy) is 1. The fraction of sp³-hybridized carbons (Fsp3) is 0.533. The molecule has 1 heterocycles. The van der Waals surface area contributed by atoms with Crippen LogP contribution in [-0.2, 0) is 27.0 Å². The molecule has 144 valence electrons. The molecular formula is C15H16F5N3O3. The molecule has 11 heteroatoms.